The van der Waals surface area contributed by atoms with Gasteiger partial charge in [0.15, 0.2) is 12.1 Å². The molecule has 2 fully saturated rings. The van der Waals surface area contributed by atoms with Crippen molar-refractivity contribution >= 4 is 11.8 Å². The molecule has 0 spiro atoms. The number of nitrogens with zero attached hydrogens (tertiary/aromatic N) is 1. The van der Waals surface area contributed by atoms with Crippen LogP contribution in [-0.4, -0.2) is 64.8 Å². The summed E-state index contributed by atoms with van der Waals surface area (Å²) in [5, 5.41) is 25.2. The number of ketones is 1. The Balaban J connectivity index is 1.22. The summed E-state index contributed by atoms with van der Waals surface area (Å²) in [5.41, 5.74) is 4.62. The van der Waals surface area contributed by atoms with Gasteiger partial charge in [-0.05, 0) is 42.0 Å². The average molecular weight is 602 g/mol. The molecule has 2 saturated heterocycles. The van der Waals surface area contributed by atoms with Crippen LogP contribution in [0.3, 0.4) is 0 Å². The fourth-order valence-corrected chi connectivity index (χ4v) is 5.89. The van der Waals surface area contributed by atoms with Crippen LogP contribution >= 0.6 is 0 Å². The van der Waals surface area contributed by atoms with Crippen LogP contribution in [-0.2, 0) is 33.8 Å². The summed E-state index contributed by atoms with van der Waals surface area (Å²) in [6.07, 6.45) is -0.0206. The van der Waals surface area contributed by atoms with Crippen LogP contribution in [0.5, 0.6) is 0 Å². The van der Waals surface area contributed by atoms with E-state index in [4.69, 9.17) is 9.47 Å². The summed E-state index contributed by atoms with van der Waals surface area (Å²) in [6, 6.07) is 24.2. The Morgan fingerprint density at radius 1 is 0.932 bits per heavy atom. The van der Waals surface area contributed by atoms with Crippen molar-refractivity contribution in [3.05, 3.63) is 107 Å². The Hall–Kier alpha value is -3.60. The maximum atomic E-state index is 12.6. The van der Waals surface area contributed by atoms with Crippen molar-refractivity contribution < 1.29 is 29.3 Å². The molecule has 0 bridgehead atoms. The fourth-order valence-electron chi connectivity index (χ4n) is 5.89. The fraction of sp³-hybridized carbons (Fsp3) is 0.429. The second-order valence-corrected chi connectivity index (χ2v) is 11.9. The SMILES string of the molecule is CC(=O)C(Cc1ccccc1)NC(=O)NCc1ccc(C2OC(CN3CCC(O)C3)C(C)C(c3ccc(CO)cc3)O2)cc1. The summed E-state index contributed by atoms with van der Waals surface area (Å²) in [4.78, 5) is 27.0. The van der Waals surface area contributed by atoms with Gasteiger partial charge in [-0.2, -0.15) is 0 Å². The van der Waals surface area contributed by atoms with E-state index >= 15 is 0 Å². The highest BCUT2D eigenvalue weighted by molar-refractivity contribution is 5.87. The van der Waals surface area contributed by atoms with Gasteiger partial charge in [-0.3, -0.25) is 9.69 Å². The van der Waals surface area contributed by atoms with E-state index in [1.54, 1.807) is 0 Å². The van der Waals surface area contributed by atoms with Gasteiger partial charge in [-0.1, -0.05) is 85.8 Å². The maximum Gasteiger partial charge on any atom is 0.315 e. The number of carbonyl (C=O) groups excluding carboxylic acids is 2. The van der Waals surface area contributed by atoms with E-state index < -0.39 is 18.4 Å². The Kier molecular flexibility index (Phi) is 10.8. The Morgan fingerprint density at radius 2 is 1.61 bits per heavy atom. The lowest BCUT2D eigenvalue weighted by Gasteiger charge is -2.42. The molecule has 5 rings (SSSR count). The number of likely N-dealkylation sites (tertiary alicyclic amines) is 1. The number of aliphatic hydroxyl groups excluding tert-OH is 2. The van der Waals surface area contributed by atoms with E-state index in [1.807, 2.05) is 78.9 Å². The highest BCUT2D eigenvalue weighted by Gasteiger charge is 2.39. The van der Waals surface area contributed by atoms with Crippen molar-refractivity contribution in [3.8, 4) is 0 Å². The number of urea groups is 1. The van der Waals surface area contributed by atoms with Crippen LogP contribution in [0.2, 0.25) is 0 Å². The molecule has 3 aromatic carbocycles. The van der Waals surface area contributed by atoms with E-state index in [0.717, 1.165) is 40.8 Å². The van der Waals surface area contributed by atoms with Gasteiger partial charge in [0, 0.05) is 37.7 Å². The lowest BCUT2D eigenvalue weighted by molar-refractivity contribution is -0.276. The minimum atomic E-state index is -0.604. The number of amides is 2. The number of β-amino-alcohol motifs (C(OH)–C–C–N with tert-alkyl or cyclic N) is 1. The summed E-state index contributed by atoms with van der Waals surface area (Å²) in [6.45, 7) is 6.08. The maximum absolute atomic E-state index is 12.6. The highest BCUT2D eigenvalue weighted by atomic mass is 16.7. The molecule has 0 aromatic heterocycles. The topological polar surface area (TPSA) is 120 Å². The van der Waals surface area contributed by atoms with Crippen molar-refractivity contribution in [1.29, 1.82) is 0 Å². The largest absolute Gasteiger partial charge is 0.392 e. The van der Waals surface area contributed by atoms with Crippen LogP contribution in [0, 0.1) is 5.92 Å². The number of carbonyl (C=O) groups is 2. The first-order valence-electron chi connectivity index (χ1n) is 15.4. The molecule has 2 heterocycles. The third kappa shape index (κ3) is 8.31. The Bertz CT molecular complexity index is 1370. The van der Waals surface area contributed by atoms with Crippen LogP contribution in [0.15, 0.2) is 78.9 Å². The molecule has 6 atom stereocenters. The molecule has 9 nitrogen and oxygen atoms in total. The molecule has 0 aliphatic carbocycles. The zero-order chi connectivity index (χ0) is 31.1. The lowest BCUT2D eigenvalue weighted by atomic mass is 9.90. The van der Waals surface area contributed by atoms with Crippen molar-refractivity contribution in [3.63, 3.8) is 0 Å². The highest BCUT2D eigenvalue weighted by Crippen LogP contribution is 2.42. The van der Waals surface area contributed by atoms with Gasteiger partial charge in [0.05, 0.1) is 31.0 Å². The molecule has 9 heteroatoms. The minimum absolute atomic E-state index is 0.0130. The monoisotopic (exact) mass is 601 g/mol. The Labute approximate surface area is 259 Å². The van der Waals surface area contributed by atoms with Gasteiger partial charge < -0.3 is 30.3 Å². The number of aliphatic hydroxyl groups is 2. The van der Waals surface area contributed by atoms with Gasteiger partial charge >= 0.3 is 6.03 Å². The van der Waals surface area contributed by atoms with Gasteiger partial charge in [0.1, 0.15) is 0 Å². The first-order chi connectivity index (χ1) is 21.3. The van der Waals surface area contributed by atoms with Gasteiger partial charge in [-0.25, -0.2) is 4.79 Å². The quantitative estimate of drug-likeness (QED) is 0.262. The normalized spacial score (nSPS) is 24.5. The van der Waals surface area contributed by atoms with Gasteiger partial charge in [-0.15, -0.1) is 0 Å². The lowest BCUT2D eigenvalue weighted by Crippen LogP contribution is -2.46. The molecular weight excluding hydrogens is 558 g/mol. The molecule has 44 heavy (non-hydrogen) atoms. The van der Waals surface area contributed by atoms with Crippen LogP contribution in [0.4, 0.5) is 4.79 Å². The molecule has 4 N–H and O–H groups in total. The number of Topliss-reactive ketones (excluding diaryl/α,β-unsaturated/α-hetero) is 1. The van der Waals surface area contributed by atoms with Crippen molar-refractivity contribution in [2.75, 3.05) is 19.6 Å². The number of nitrogens with one attached hydrogen (secondary N) is 2. The van der Waals surface area contributed by atoms with Crippen LogP contribution in [0.25, 0.3) is 0 Å². The number of ether oxygens (including phenoxy) is 2. The third-order valence-electron chi connectivity index (χ3n) is 8.59. The second kappa shape index (κ2) is 14.9. The van der Waals surface area contributed by atoms with E-state index in [2.05, 4.69) is 22.5 Å². The molecule has 3 aromatic rings. The molecule has 2 aliphatic rings. The first-order valence-corrected chi connectivity index (χ1v) is 15.4. The average Bonchev–Trinajstić information content (AvgIpc) is 3.45. The van der Waals surface area contributed by atoms with E-state index in [9.17, 15) is 19.8 Å². The van der Waals surface area contributed by atoms with E-state index in [-0.39, 0.29) is 36.6 Å². The molecule has 0 saturated carbocycles. The molecule has 6 unspecified atom stereocenters. The summed E-state index contributed by atoms with van der Waals surface area (Å²) < 4.78 is 13.1. The molecular formula is C35H43N3O6. The van der Waals surface area contributed by atoms with E-state index in [1.165, 1.54) is 6.92 Å². The standard InChI is InChI=1S/C35H43N3O6/c1-23-32(21-38-17-16-30(41)20-38)43-34(44-33(23)28-12-10-27(22-39)11-13-28)29-14-8-26(9-15-29)19-36-35(42)37-31(24(2)40)18-25-6-4-3-5-7-25/h3-15,23,30-34,39,41H,16-22H2,1-2H3,(H2,36,37,42). The van der Waals surface area contributed by atoms with Crippen molar-refractivity contribution in [1.82, 2.24) is 15.5 Å². The second-order valence-electron chi connectivity index (χ2n) is 11.9. The van der Waals surface area contributed by atoms with E-state index in [0.29, 0.717) is 26.1 Å². The van der Waals surface area contributed by atoms with Crippen LogP contribution < -0.4 is 10.6 Å². The predicted octanol–water partition coefficient (Wildman–Crippen LogP) is 4.04. The van der Waals surface area contributed by atoms with Crippen molar-refractivity contribution in [2.24, 2.45) is 5.92 Å². The third-order valence-corrected chi connectivity index (χ3v) is 8.59. The molecule has 2 aliphatic heterocycles. The molecule has 234 valence electrons. The number of benzene rings is 3. The summed E-state index contributed by atoms with van der Waals surface area (Å²) in [5.74, 6) is -0.0383. The number of hydrogen-bond acceptors (Lipinski definition) is 7. The summed E-state index contributed by atoms with van der Waals surface area (Å²) >= 11 is 0. The van der Waals surface area contributed by atoms with Gasteiger partial charge in [0.2, 0.25) is 0 Å². The zero-order valence-corrected chi connectivity index (χ0v) is 25.4. The molecule has 0 radical (unpaired) electrons. The van der Waals surface area contributed by atoms with Crippen LogP contribution in [0.1, 0.15) is 60.5 Å². The summed E-state index contributed by atoms with van der Waals surface area (Å²) in [7, 11) is 0. The minimum Gasteiger partial charge on any atom is -0.392 e. The zero-order valence-electron chi connectivity index (χ0n) is 25.4. The number of rotatable bonds is 11. The Morgan fingerprint density at radius 3 is 2.25 bits per heavy atom. The first kappa shape index (κ1) is 31.8. The predicted molar refractivity (Wildman–Crippen MR) is 166 cm³/mol. The number of hydrogen-bond donors (Lipinski definition) is 4. The van der Waals surface area contributed by atoms with Gasteiger partial charge in [0.25, 0.3) is 0 Å². The smallest absolute Gasteiger partial charge is 0.315 e. The van der Waals surface area contributed by atoms with Crippen molar-refractivity contribution in [2.45, 2.75) is 70.5 Å². The molecule has 2 amide bonds.